The summed E-state index contributed by atoms with van der Waals surface area (Å²) in [5, 5.41) is 3.74. The Morgan fingerprint density at radius 1 is 1.21 bits per heavy atom. The van der Waals surface area contributed by atoms with Crippen LogP contribution in [-0.2, 0) is 22.6 Å². The fourth-order valence-corrected chi connectivity index (χ4v) is 5.10. The van der Waals surface area contributed by atoms with E-state index in [1.165, 1.54) is 37.4 Å². The molecule has 0 aliphatic carbocycles. The zero-order valence-corrected chi connectivity index (χ0v) is 22.3. The van der Waals surface area contributed by atoms with Crippen molar-refractivity contribution in [3.05, 3.63) is 93.0 Å². The molecule has 0 bridgehead atoms. The van der Waals surface area contributed by atoms with Gasteiger partial charge in [-0.15, -0.1) is 0 Å². The van der Waals surface area contributed by atoms with Gasteiger partial charge >= 0.3 is 0 Å². The molecule has 1 aliphatic rings. The third-order valence-electron chi connectivity index (χ3n) is 6.86. The van der Waals surface area contributed by atoms with Crippen molar-refractivity contribution in [2.45, 2.75) is 45.7 Å². The number of H-pyrrole nitrogens is 1. The highest BCUT2D eigenvalue weighted by molar-refractivity contribution is 6.35. The van der Waals surface area contributed by atoms with Gasteiger partial charge in [-0.1, -0.05) is 23.7 Å². The molecule has 1 fully saturated rings. The van der Waals surface area contributed by atoms with Crippen LogP contribution < -0.4 is 5.32 Å². The van der Waals surface area contributed by atoms with E-state index in [-0.39, 0.29) is 41.1 Å². The first kappa shape index (κ1) is 28.2. The summed E-state index contributed by atoms with van der Waals surface area (Å²) in [6.07, 6.45) is 5.64. The van der Waals surface area contributed by atoms with Crippen molar-refractivity contribution < 1.29 is 22.8 Å². The quantitative estimate of drug-likeness (QED) is 0.194. The highest BCUT2D eigenvalue weighted by Gasteiger charge is 2.31. The Balaban J connectivity index is 1.48. The lowest BCUT2D eigenvalue weighted by atomic mass is 9.97. The van der Waals surface area contributed by atoms with Crippen LogP contribution in [0.2, 0.25) is 5.02 Å². The summed E-state index contributed by atoms with van der Waals surface area (Å²) in [5.74, 6) is -3.15. The van der Waals surface area contributed by atoms with Crippen LogP contribution in [0.3, 0.4) is 0 Å². The van der Waals surface area contributed by atoms with Gasteiger partial charge < -0.3 is 15.2 Å². The highest BCUT2D eigenvalue weighted by atomic mass is 35.5. The van der Waals surface area contributed by atoms with Crippen LogP contribution in [0.5, 0.6) is 0 Å². The number of hydrogen-bond donors (Lipinski definition) is 2. The van der Waals surface area contributed by atoms with E-state index in [0.717, 1.165) is 6.42 Å². The number of amides is 2. The zero-order chi connectivity index (χ0) is 28.3. The Labute approximate surface area is 229 Å². The topological polar surface area (TPSA) is 77.6 Å². The van der Waals surface area contributed by atoms with Crippen LogP contribution in [-0.4, -0.2) is 35.0 Å². The van der Waals surface area contributed by atoms with Gasteiger partial charge in [-0.25, -0.2) is 13.2 Å². The predicted molar refractivity (Wildman–Crippen MR) is 146 cm³/mol. The monoisotopic (exact) mass is 556 g/mol. The van der Waals surface area contributed by atoms with E-state index in [9.17, 15) is 14.0 Å². The molecule has 2 amide bonds. The number of allylic oxidation sites excluding steroid dienone is 2. The molecule has 2 aromatic carbocycles. The molecule has 39 heavy (non-hydrogen) atoms. The second kappa shape index (κ2) is 11.9. The summed E-state index contributed by atoms with van der Waals surface area (Å²) in [6.45, 7) is 6.81. The van der Waals surface area contributed by atoms with Crippen LogP contribution in [0.4, 0.5) is 13.2 Å². The van der Waals surface area contributed by atoms with Crippen molar-refractivity contribution in [3.63, 3.8) is 0 Å². The lowest BCUT2D eigenvalue weighted by Crippen LogP contribution is -2.28. The number of likely N-dealkylation sites (tertiary alicyclic amines) is 1. The third kappa shape index (κ3) is 6.09. The van der Waals surface area contributed by atoms with Gasteiger partial charge in [0.05, 0.1) is 11.1 Å². The Morgan fingerprint density at radius 3 is 2.69 bits per heavy atom. The smallest absolute Gasteiger partial charge is 0.247 e. The third-order valence-corrected chi connectivity index (χ3v) is 7.17. The van der Waals surface area contributed by atoms with Crippen molar-refractivity contribution in [1.29, 1.82) is 0 Å². The molecule has 0 spiro atoms. The maximum absolute atomic E-state index is 15.1. The van der Waals surface area contributed by atoms with Crippen molar-refractivity contribution >= 4 is 41.0 Å². The number of benzene rings is 2. The molecule has 1 saturated heterocycles. The Kier molecular flexibility index (Phi) is 8.60. The van der Waals surface area contributed by atoms with E-state index in [2.05, 4.69) is 22.0 Å². The maximum atomic E-state index is 15.1. The van der Waals surface area contributed by atoms with Gasteiger partial charge in [-0.05, 0) is 55.8 Å². The number of hydrogen-bond acceptors (Lipinski definition) is 3. The van der Waals surface area contributed by atoms with Crippen LogP contribution in [0.25, 0.3) is 10.9 Å². The number of nitrogens with one attached hydrogen (secondary N) is 2. The SMILES string of the molecule is C=N/C=C(\C=C(/C)C(=O)NCc1cc2c(Cl)c[nH]c2cc1F)Cc1ccc(C2CCCN2C(C)=O)c(F)c1F. The van der Waals surface area contributed by atoms with Crippen molar-refractivity contribution in [2.75, 3.05) is 6.54 Å². The first-order chi connectivity index (χ1) is 18.6. The zero-order valence-electron chi connectivity index (χ0n) is 21.6. The molecule has 2 N–H and O–H groups in total. The van der Waals surface area contributed by atoms with Gasteiger partial charge in [-0.2, -0.15) is 0 Å². The van der Waals surface area contributed by atoms with E-state index >= 15 is 8.78 Å². The van der Waals surface area contributed by atoms with Gasteiger partial charge in [0.25, 0.3) is 0 Å². The average Bonchev–Trinajstić information content (AvgIpc) is 3.52. The lowest BCUT2D eigenvalue weighted by molar-refractivity contribution is -0.129. The number of nitrogens with zero attached hydrogens (tertiary/aromatic N) is 2. The molecule has 0 saturated carbocycles. The normalized spacial score (nSPS) is 16.2. The van der Waals surface area contributed by atoms with Gasteiger partial charge in [-0.3, -0.25) is 14.6 Å². The van der Waals surface area contributed by atoms with E-state index < -0.39 is 29.4 Å². The Bertz CT molecular complexity index is 1510. The number of halogens is 4. The van der Waals surface area contributed by atoms with Crippen LogP contribution in [0, 0.1) is 17.5 Å². The molecule has 4 rings (SSSR count). The Hall–Kier alpha value is -3.85. The summed E-state index contributed by atoms with van der Waals surface area (Å²) >= 11 is 6.11. The minimum absolute atomic E-state index is 0.0505. The van der Waals surface area contributed by atoms with Gasteiger partial charge in [0.2, 0.25) is 11.8 Å². The standard InChI is InChI=1S/C29H28ClF3N4O2/c1-16(29(39)36-14-20-11-22-23(30)15-35-25(22)12-24(20)31)9-18(13-34-3)10-19-6-7-21(28(33)27(19)32)26-5-4-8-37(26)17(2)38/h6-7,9,11-13,15,26,35H,3-5,8,10,14H2,1-2H3,(H,36,39)/b16-9+,18-13+. The summed E-state index contributed by atoms with van der Waals surface area (Å²) in [4.78, 5) is 32.8. The number of fused-ring (bicyclic) bond motifs is 1. The van der Waals surface area contributed by atoms with Crippen molar-refractivity contribution in [2.24, 2.45) is 4.99 Å². The van der Waals surface area contributed by atoms with Gasteiger partial charge in [0.1, 0.15) is 5.82 Å². The fourth-order valence-electron chi connectivity index (χ4n) is 4.88. The van der Waals surface area contributed by atoms with E-state index in [0.29, 0.717) is 34.5 Å². The average molecular weight is 557 g/mol. The van der Waals surface area contributed by atoms with E-state index in [1.54, 1.807) is 24.1 Å². The second-order valence-electron chi connectivity index (χ2n) is 9.51. The summed E-state index contributed by atoms with van der Waals surface area (Å²) in [6, 6.07) is 5.36. The number of aromatic amines is 1. The molecular weight excluding hydrogens is 529 g/mol. The molecule has 10 heteroatoms. The Morgan fingerprint density at radius 2 is 1.97 bits per heavy atom. The second-order valence-corrected chi connectivity index (χ2v) is 9.92. The molecule has 0 radical (unpaired) electrons. The molecule has 6 nitrogen and oxygen atoms in total. The number of aliphatic imine (C=N–C) groups is 1. The number of rotatable bonds is 8. The summed E-state index contributed by atoms with van der Waals surface area (Å²) < 4.78 is 44.6. The first-order valence-electron chi connectivity index (χ1n) is 12.4. The summed E-state index contributed by atoms with van der Waals surface area (Å²) in [7, 11) is 0. The summed E-state index contributed by atoms with van der Waals surface area (Å²) in [5.41, 5.74) is 1.70. The van der Waals surface area contributed by atoms with Gasteiger partial charge in [0, 0.05) is 66.4 Å². The molecule has 1 aromatic heterocycles. The van der Waals surface area contributed by atoms with Crippen LogP contribution in [0.15, 0.2) is 58.9 Å². The minimum atomic E-state index is -1.01. The van der Waals surface area contributed by atoms with Crippen LogP contribution >= 0.6 is 11.6 Å². The molecule has 1 atom stereocenters. The lowest BCUT2D eigenvalue weighted by Gasteiger charge is -2.24. The minimum Gasteiger partial charge on any atom is -0.360 e. The number of carbonyl (C=O) groups excluding carboxylic acids is 2. The number of carbonyl (C=O) groups is 2. The predicted octanol–water partition coefficient (Wildman–Crippen LogP) is 6.31. The van der Waals surface area contributed by atoms with Crippen LogP contribution in [0.1, 0.15) is 49.4 Å². The largest absolute Gasteiger partial charge is 0.360 e. The number of aromatic nitrogens is 1. The molecule has 1 aliphatic heterocycles. The van der Waals surface area contributed by atoms with E-state index in [4.69, 9.17) is 11.6 Å². The maximum Gasteiger partial charge on any atom is 0.247 e. The fraction of sp³-hybridized carbons (Fsp3) is 0.276. The molecule has 1 unspecified atom stereocenters. The molecule has 2 heterocycles. The highest BCUT2D eigenvalue weighted by Crippen LogP contribution is 2.35. The van der Waals surface area contributed by atoms with Crippen molar-refractivity contribution in [3.8, 4) is 0 Å². The van der Waals surface area contributed by atoms with Gasteiger partial charge in [0.15, 0.2) is 11.6 Å². The molecule has 3 aromatic rings. The molecular formula is C29H28ClF3N4O2. The molecule has 204 valence electrons. The van der Waals surface area contributed by atoms with E-state index in [1.807, 2.05) is 0 Å². The van der Waals surface area contributed by atoms with Crippen molar-refractivity contribution in [1.82, 2.24) is 15.2 Å². The first-order valence-corrected chi connectivity index (χ1v) is 12.8.